The quantitative estimate of drug-likeness (QED) is 0.695. The Balaban J connectivity index is 2.39. The van der Waals surface area contributed by atoms with Crippen LogP contribution in [0.4, 0.5) is 0 Å². The van der Waals surface area contributed by atoms with Crippen LogP contribution in [-0.2, 0) is 6.42 Å². The fourth-order valence-corrected chi connectivity index (χ4v) is 2.66. The van der Waals surface area contributed by atoms with Crippen molar-refractivity contribution in [3.8, 4) is 0 Å². The van der Waals surface area contributed by atoms with E-state index in [4.69, 9.17) is 0 Å². The molecule has 0 aliphatic rings. The largest absolute Gasteiger partial charge is 0.0558 e. The first-order valence-corrected chi connectivity index (χ1v) is 7.02. The maximum absolute atomic E-state index is 2.34. The summed E-state index contributed by atoms with van der Waals surface area (Å²) in [6, 6.07) is 9.31. The maximum atomic E-state index is 2.34. The van der Waals surface area contributed by atoms with Crippen molar-refractivity contribution in [3.63, 3.8) is 0 Å². The Morgan fingerprint density at radius 1 is 0.579 bits per heavy atom. The molecule has 0 unspecified atom stereocenters. The molecule has 0 spiro atoms. The Labute approximate surface area is 117 Å². The van der Waals surface area contributed by atoms with Crippen molar-refractivity contribution in [3.05, 3.63) is 68.8 Å². The summed E-state index contributed by atoms with van der Waals surface area (Å²) >= 11 is 0. The van der Waals surface area contributed by atoms with Gasteiger partial charge in [0.2, 0.25) is 0 Å². The van der Waals surface area contributed by atoms with Crippen molar-refractivity contribution >= 4 is 0 Å². The van der Waals surface area contributed by atoms with Crippen molar-refractivity contribution in [1.82, 2.24) is 0 Å². The minimum Gasteiger partial charge on any atom is -0.0558 e. The molecule has 0 aromatic heterocycles. The molecule has 0 aliphatic heterocycles. The average molecular weight is 252 g/mol. The van der Waals surface area contributed by atoms with Crippen LogP contribution in [0.5, 0.6) is 0 Å². The van der Waals surface area contributed by atoms with Gasteiger partial charge in [-0.1, -0.05) is 24.3 Å². The number of hydrogen-bond acceptors (Lipinski definition) is 0. The van der Waals surface area contributed by atoms with Crippen LogP contribution in [0, 0.1) is 41.5 Å². The molecule has 0 saturated carbocycles. The molecule has 19 heavy (non-hydrogen) atoms. The molecule has 0 fully saturated rings. The Hall–Kier alpha value is -1.56. The summed E-state index contributed by atoms with van der Waals surface area (Å²) in [6.07, 6.45) is 1.04. The van der Waals surface area contributed by atoms with Gasteiger partial charge in [0.05, 0.1) is 0 Å². The van der Waals surface area contributed by atoms with Crippen LogP contribution in [-0.4, -0.2) is 0 Å². The summed E-state index contributed by atoms with van der Waals surface area (Å²) in [5, 5.41) is 0. The third-order valence-corrected chi connectivity index (χ3v) is 4.33. The van der Waals surface area contributed by atoms with Gasteiger partial charge >= 0.3 is 0 Å². The van der Waals surface area contributed by atoms with E-state index in [2.05, 4.69) is 65.8 Å². The van der Waals surface area contributed by atoms with Gasteiger partial charge in [0.15, 0.2) is 0 Å². The second-order valence-corrected chi connectivity index (χ2v) is 5.89. The third-order valence-electron chi connectivity index (χ3n) is 4.33. The normalized spacial score (nSPS) is 10.8. The summed E-state index contributed by atoms with van der Waals surface area (Å²) in [4.78, 5) is 0. The van der Waals surface area contributed by atoms with E-state index in [0.717, 1.165) is 6.42 Å². The lowest BCUT2D eigenvalue weighted by atomic mass is 9.93. The monoisotopic (exact) mass is 252 g/mol. The van der Waals surface area contributed by atoms with Gasteiger partial charge in [-0.05, 0) is 92.5 Å². The second kappa shape index (κ2) is 5.21. The van der Waals surface area contributed by atoms with E-state index in [1.807, 2.05) is 0 Å². The van der Waals surface area contributed by atoms with Crippen LogP contribution >= 0.6 is 0 Å². The molecule has 2 rings (SSSR count). The molecular weight excluding hydrogens is 228 g/mol. The van der Waals surface area contributed by atoms with Crippen molar-refractivity contribution in [2.75, 3.05) is 0 Å². The van der Waals surface area contributed by atoms with Gasteiger partial charge in [-0.15, -0.1) is 0 Å². The lowest BCUT2D eigenvalue weighted by molar-refractivity contribution is 1.11. The van der Waals surface area contributed by atoms with Gasteiger partial charge < -0.3 is 0 Å². The summed E-state index contributed by atoms with van der Waals surface area (Å²) in [7, 11) is 0. The molecule has 2 aromatic carbocycles. The lowest BCUT2D eigenvalue weighted by Crippen LogP contribution is -1.97. The number of aryl methyl sites for hydroxylation is 5. The Kier molecular flexibility index (Phi) is 3.80. The van der Waals surface area contributed by atoms with Crippen molar-refractivity contribution in [2.45, 2.75) is 48.0 Å². The maximum Gasteiger partial charge on any atom is -0.00228 e. The van der Waals surface area contributed by atoms with Gasteiger partial charge in [0, 0.05) is 0 Å². The molecule has 100 valence electrons. The highest BCUT2D eigenvalue weighted by Crippen LogP contribution is 2.22. The van der Waals surface area contributed by atoms with Crippen LogP contribution in [0.25, 0.3) is 0 Å². The zero-order valence-electron chi connectivity index (χ0n) is 13.0. The number of hydrogen-bond donors (Lipinski definition) is 0. The van der Waals surface area contributed by atoms with E-state index in [9.17, 15) is 0 Å². The highest BCUT2D eigenvalue weighted by Gasteiger charge is 2.06. The summed E-state index contributed by atoms with van der Waals surface area (Å²) < 4.78 is 0. The fraction of sp³-hybridized carbons (Fsp3) is 0.368. The minimum absolute atomic E-state index is 1.04. The summed E-state index contributed by atoms with van der Waals surface area (Å²) in [5.74, 6) is 0. The van der Waals surface area contributed by atoms with E-state index in [0.29, 0.717) is 0 Å². The molecule has 0 nitrogen and oxygen atoms in total. The third kappa shape index (κ3) is 2.89. The molecule has 0 heteroatoms. The summed E-state index contributed by atoms with van der Waals surface area (Å²) in [6.45, 7) is 13.2. The summed E-state index contributed by atoms with van der Waals surface area (Å²) in [5.41, 5.74) is 11.3. The predicted octanol–water partition coefficient (Wildman–Crippen LogP) is 5.13. The van der Waals surface area contributed by atoms with E-state index in [1.165, 1.54) is 44.5 Å². The van der Waals surface area contributed by atoms with Crippen LogP contribution in [0.3, 0.4) is 0 Å². The van der Waals surface area contributed by atoms with Gasteiger partial charge in [-0.2, -0.15) is 0 Å². The molecule has 0 atom stereocenters. The Bertz CT molecular complexity index is 595. The minimum atomic E-state index is 1.04. The zero-order chi connectivity index (χ0) is 14.2. The van der Waals surface area contributed by atoms with E-state index in [1.54, 1.807) is 0 Å². The molecule has 0 bridgehead atoms. The topological polar surface area (TPSA) is 0 Å². The first-order valence-electron chi connectivity index (χ1n) is 7.02. The first kappa shape index (κ1) is 13.9. The van der Waals surface area contributed by atoms with Gasteiger partial charge in [0.1, 0.15) is 0 Å². The Morgan fingerprint density at radius 2 is 1.11 bits per heavy atom. The molecular formula is C19H24. The number of benzene rings is 2. The molecule has 0 saturated heterocycles. The lowest BCUT2D eigenvalue weighted by Gasteiger charge is -2.13. The SMILES string of the molecule is Cc1cc(C)c(Cc2cc(C)c(C)c(C)c2)cc1C. The Morgan fingerprint density at radius 3 is 1.68 bits per heavy atom. The molecule has 0 radical (unpaired) electrons. The van der Waals surface area contributed by atoms with Crippen molar-refractivity contribution < 1.29 is 0 Å². The van der Waals surface area contributed by atoms with Crippen LogP contribution in [0.2, 0.25) is 0 Å². The molecule has 0 aliphatic carbocycles. The van der Waals surface area contributed by atoms with Crippen LogP contribution < -0.4 is 0 Å². The van der Waals surface area contributed by atoms with Crippen LogP contribution in [0.15, 0.2) is 24.3 Å². The molecule has 0 heterocycles. The van der Waals surface area contributed by atoms with E-state index < -0.39 is 0 Å². The van der Waals surface area contributed by atoms with Crippen molar-refractivity contribution in [1.29, 1.82) is 0 Å². The predicted molar refractivity (Wildman–Crippen MR) is 84.1 cm³/mol. The highest BCUT2D eigenvalue weighted by atomic mass is 14.1. The highest BCUT2D eigenvalue weighted by molar-refractivity contribution is 5.42. The van der Waals surface area contributed by atoms with Gasteiger partial charge in [-0.3, -0.25) is 0 Å². The van der Waals surface area contributed by atoms with E-state index in [-0.39, 0.29) is 0 Å². The van der Waals surface area contributed by atoms with E-state index >= 15 is 0 Å². The molecule has 0 N–H and O–H groups in total. The molecule has 0 amide bonds. The average Bonchev–Trinajstić information content (AvgIpc) is 2.33. The van der Waals surface area contributed by atoms with Crippen LogP contribution in [0.1, 0.15) is 44.5 Å². The van der Waals surface area contributed by atoms with Gasteiger partial charge in [-0.25, -0.2) is 0 Å². The molecule has 2 aromatic rings. The number of rotatable bonds is 2. The standard InChI is InChI=1S/C19H24/c1-12-7-16(5)19(10-13(12)2)11-18-8-14(3)17(6)15(4)9-18/h7-10H,11H2,1-6H3. The van der Waals surface area contributed by atoms with Crippen molar-refractivity contribution in [2.24, 2.45) is 0 Å². The first-order chi connectivity index (χ1) is 8.88. The smallest absolute Gasteiger partial charge is 0.00228 e. The zero-order valence-corrected chi connectivity index (χ0v) is 13.0. The second-order valence-electron chi connectivity index (χ2n) is 5.89. The van der Waals surface area contributed by atoms with Gasteiger partial charge in [0.25, 0.3) is 0 Å². The fourth-order valence-electron chi connectivity index (χ4n) is 2.66.